The summed E-state index contributed by atoms with van der Waals surface area (Å²) in [5.74, 6) is -0.276. The molecule has 5 rings (SSSR count). The van der Waals surface area contributed by atoms with Gasteiger partial charge in [0.05, 0.1) is 25.0 Å². The zero-order valence-electron chi connectivity index (χ0n) is 15.6. The third kappa shape index (κ3) is 2.89. The van der Waals surface area contributed by atoms with E-state index in [1.54, 1.807) is 29.1 Å². The van der Waals surface area contributed by atoms with E-state index in [-0.39, 0.29) is 17.9 Å². The summed E-state index contributed by atoms with van der Waals surface area (Å²) in [6, 6.07) is 14.4. The van der Waals surface area contributed by atoms with E-state index < -0.39 is 0 Å². The number of aromatic nitrogens is 6. The summed E-state index contributed by atoms with van der Waals surface area (Å²) in [6.45, 7) is 2.53. The lowest BCUT2D eigenvalue weighted by Gasteiger charge is -2.04. The summed E-state index contributed by atoms with van der Waals surface area (Å²) in [6.07, 6.45) is 1.77. The highest BCUT2D eigenvalue weighted by Gasteiger charge is 2.17. The first-order chi connectivity index (χ1) is 14.1. The van der Waals surface area contributed by atoms with Crippen LogP contribution in [0, 0.1) is 12.7 Å². The molecule has 0 atom stereocenters. The van der Waals surface area contributed by atoms with Crippen molar-refractivity contribution < 1.29 is 4.39 Å². The molecule has 3 heterocycles. The second-order valence-electron chi connectivity index (χ2n) is 6.96. The van der Waals surface area contributed by atoms with Crippen LogP contribution in [0.1, 0.15) is 17.0 Å². The van der Waals surface area contributed by atoms with E-state index in [0.29, 0.717) is 23.3 Å². The molecule has 3 aromatic heterocycles. The average Bonchev–Trinajstić information content (AvgIpc) is 3.30. The minimum atomic E-state index is -0.276. The fourth-order valence-electron chi connectivity index (χ4n) is 3.76. The molecule has 0 amide bonds. The van der Waals surface area contributed by atoms with Crippen LogP contribution in [0.2, 0.25) is 0 Å². The van der Waals surface area contributed by atoms with E-state index in [1.807, 2.05) is 35.8 Å². The SMILES string of the molecule is Cc1n[nH]c(=O)c2c1c1ccccc1n2Cc1cn(Cc2ccccc2F)nn1. The maximum atomic E-state index is 13.9. The summed E-state index contributed by atoms with van der Waals surface area (Å²) < 4.78 is 17.4. The van der Waals surface area contributed by atoms with E-state index in [2.05, 4.69) is 20.5 Å². The minimum absolute atomic E-state index is 0.249. The number of halogens is 1. The number of aromatic amines is 1. The number of hydrogen-bond acceptors (Lipinski definition) is 4. The van der Waals surface area contributed by atoms with Gasteiger partial charge in [0.1, 0.15) is 17.0 Å². The van der Waals surface area contributed by atoms with E-state index in [9.17, 15) is 9.18 Å². The Morgan fingerprint density at radius 3 is 2.72 bits per heavy atom. The Bertz CT molecular complexity index is 1410. The average molecular weight is 388 g/mol. The van der Waals surface area contributed by atoms with Crippen molar-refractivity contribution in [2.24, 2.45) is 0 Å². The number of rotatable bonds is 4. The van der Waals surface area contributed by atoms with Gasteiger partial charge in [-0.2, -0.15) is 5.10 Å². The molecular weight excluding hydrogens is 371 g/mol. The maximum absolute atomic E-state index is 13.9. The van der Waals surface area contributed by atoms with Crippen molar-refractivity contribution in [3.8, 4) is 0 Å². The standard InChI is InChI=1S/C21H17FN6O/c1-13-19-16-7-3-5-9-18(16)28(20(19)21(29)25-23-13)12-15-11-27(26-24-15)10-14-6-2-4-8-17(14)22/h2-9,11H,10,12H2,1H3,(H,25,29). The monoisotopic (exact) mass is 388 g/mol. The molecular formula is C21H17FN6O. The Morgan fingerprint density at radius 1 is 1.07 bits per heavy atom. The molecule has 7 nitrogen and oxygen atoms in total. The number of nitrogens with one attached hydrogen (secondary N) is 1. The Labute approximate surface area is 164 Å². The predicted molar refractivity (Wildman–Crippen MR) is 107 cm³/mol. The molecule has 5 aromatic rings. The molecule has 2 aromatic carbocycles. The number of hydrogen-bond donors (Lipinski definition) is 1. The van der Waals surface area contributed by atoms with Crippen LogP contribution in [-0.4, -0.2) is 29.8 Å². The van der Waals surface area contributed by atoms with Gasteiger partial charge in [-0.1, -0.05) is 41.6 Å². The molecule has 0 aliphatic heterocycles. The van der Waals surface area contributed by atoms with Crippen molar-refractivity contribution in [3.63, 3.8) is 0 Å². The number of para-hydroxylation sites is 1. The molecule has 0 fully saturated rings. The lowest BCUT2D eigenvalue weighted by molar-refractivity contribution is 0.577. The highest BCUT2D eigenvalue weighted by atomic mass is 19.1. The van der Waals surface area contributed by atoms with Gasteiger partial charge >= 0.3 is 0 Å². The predicted octanol–water partition coefficient (Wildman–Crippen LogP) is 3.01. The van der Waals surface area contributed by atoms with Crippen LogP contribution in [0.15, 0.2) is 59.5 Å². The second-order valence-corrected chi connectivity index (χ2v) is 6.96. The summed E-state index contributed by atoms with van der Waals surface area (Å²) >= 11 is 0. The topological polar surface area (TPSA) is 81.4 Å². The zero-order valence-corrected chi connectivity index (χ0v) is 15.6. The zero-order chi connectivity index (χ0) is 20.0. The molecule has 29 heavy (non-hydrogen) atoms. The van der Waals surface area contributed by atoms with Crippen LogP contribution >= 0.6 is 0 Å². The van der Waals surface area contributed by atoms with Gasteiger partial charge in [-0.05, 0) is 19.1 Å². The van der Waals surface area contributed by atoms with Crippen LogP contribution in [-0.2, 0) is 13.1 Å². The smallest absolute Gasteiger partial charge is 0.288 e. The highest BCUT2D eigenvalue weighted by Crippen LogP contribution is 2.28. The van der Waals surface area contributed by atoms with Crippen LogP contribution < -0.4 is 5.56 Å². The third-order valence-electron chi connectivity index (χ3n) is 5.07. The van der Waals surface area contributed by atoms with Crippen molar-refractivity contribution in [3.05, 3.63) is 87.9 Å². The van der Waals surface area contributed by atoms with Crippen molar-refractivity contribution in [2.75, 3.05) is 0 Å². The number of H-pyrrole nitrogens is 1. The Kier molecular flexibility index (Phi) is 3.97. The quantitative estimate of drug-likeness (QED) is 0.513. The van der Waals surface area contributed by atoms with Gasteiger partial charge in [-0.25, -0.2) is 14.2 Å². The Hall–Kier alpha value is -3.81. The number of nitrogens with zero attached hydrogens (tertiary/aromatic N) is 5. The van der Waals surface area contributed by atoms with Crippen molar-refractivity contribution >= 4 is 21.8 Å². The largest absolute Gasteiger partial charge is 0.330 e. The number of fused-ring (bicyclic) bond motifs is 3. The van der Waals surface area contributed by atoms with Crippen molar-refractivity contribution in [2.45, 2.75) is 20.0 Å². The van der Waals surface area contributed by atoms with E-state index in [4.69, 9.17) is 0 Å². The van der Waals surface area contributed by atoms with Gasteiger partial charge in [0.2, 0.25) is 0 Å². The molecule has 0 unspecified atom stereocenters. The molecule has 0 bridgehead atoms. The molecule has 0 saturated heterocycles. The van der Waals surface area contributed by atoms with Gasteiger partial charge in [0.25, 0.3) is 5.56 Å². The summed E-state index contributed by atoms with van der Waals surface area (Å²) in [5, 5.41) is 16.8. The third-order valence-corrected chi connectivity index (χ3v) is 5.07. The minimum Gasteiger partial charge on any atom is -0.330 e. The highest BCUT2D eigenvalue weighted by molar-refractivity contribution is 6.08. The Balaban J connectivity index is 1.58. The lowest BCUT2D eigenvalue weighted by atomic mass is 10.1. The molecule has 8 heteroatoms. The van der Waals surface area contributed by atoms with Crippen molar-refractivity contribution in [1.29, 1.82) is 0 Å². The molecule has 0 aliphatic rings. The summed E-state index contributed by atoms with van der Waals surface area (Å²) in [5.41, 5.74) is 3.21. The normalized spacial score (nSPS) is 11.5. The lowest BCUT2D eigenvalue weighted by Crippen LogP contribution is -2.14. The molecule has 0 spiro atoms. The first kappa shape index (κ1) is 17.3. The molecule has 0 radical (unpaired) electrons. The molecule has 1 N–H and O–H groups in total. The van der Waals surface area contributed by atoms with Crippen molar-refractivity contribution in [1.82, 2.24) is 29.8 Å². The molecule has 144 valence electrons. The fraction of sp³-hybridized carbons (Fsp3) is 0.143. The van der Waals surface area contributed by atoms with Gasteiger partial charge in [0.15, 0.2) is 0 Å². The van der Waals surface area contributed by atoms with E-state index >= 15 is 0 Å². The first-order valence-electron chi connectivity index (χ1n) is 9.20. The molecule has 0 aliphatic carbocycles. The first-order valence-corrected chi connectivity index (χ1v) is 9.20. The fourth-order valence-corrected chi connectivity index (χ4v) is 3.76. The van der Waals surface area contributed by atoms with Gasteiger partial charge < -0.3 is 4.57 Å². The Morgan fingerprint density at radius 2 is 1.86 bits per heavy atom. The van der Waals surface area contributed by atoms with E-state index in [1.165, 1.54) is 6.07 Å². The van der Waals surface area contributed by atoms with Crippen LogP contribution in [0.5, 0.6) is 0 Å². The van der Waals surface area contributed by atoms with Crippen LogP contribution in [0.4, 0.5) is 4.39 Å². The van der Waals surface area contributed by atoms with E-state index in [0.717, 1.165) is 22.0 Å². The van der Waals surface area contributed by atoms with Gasteiger partial charge in [-0.15, -0.1) is 5.10 Å². The van der Waals surface area contributed by atoms with Crippen LogP contribution in [0.3, 0.4) is 0 Å². The van der Waals surface area contributed by atoms with Gasteiger partial charge in [-0.3, -0.25) is 4.79 Å². The second kappa shape index (κ2) is 6.66. The summed E-state index contributed by atoms with van der Waals surface area (Å²) in [7, 11) is 0. The number of benzene rings is 2. The summed E-state index contributed by atoms with van der Waals surface area (Å²) in [4.78, 5) is 12.6. The van der Waals surface area contributed by atoms with Gasteiger partial charge in [0, 0.05) is 21.9 Å². The molecule has 0 saturated carbocycles. The van der Waals surface area contributed by atoms with Crippen LogP contribution in [0.25, 0.3) is 21.8 Å². The number of aryl methyl sites for hydroxylation is 1. The maximum Gasteiger partial charge on any atom is 0.288 e.